The molecule has 2 rings (SSSR count). The zero-order valence-corrected chi connectivity index (χ0v) is 16.3. The summed E-state index contributed by atoms with van der Waals surface area (Å²) in [5, 5.41) is 18.5. The standard InChI is InChI=1S/C14H13N3O4S2.Na/c18-13-7-6-12(23(19,20)21)8-10(13)9-15-17-14(22)16-11-4-2-1-3-5-11;/h1-9,18H,(H2,16,17,22)(H,19,20,21);/q;+1/p-1/b15-9-;. The van der Waals surface area contributed by atoms with Crippen LogP contribution in [0.3, 0.4) is 0 Å². The van der Waals surface area contributed by atoms with Crippen molar-refractivity contribution in [3.8, 4) is 5.75 Å². The minimum absolute atomic E-state index is 0. The molecule has 0 saturated heterocycles. The van der Waals surface area contributed by atoms with Gasteiger partial charge in [0.2, 0.25) is 0 Å². The van der Waals surface area contributed by atoms with E-state index in [9.17, 15) is 13.5 Å². The molecule has 0 aliphatic carbocycles. The first-order valence-corrected chi connectivity index (χ1v) is 8.15. The number of benzene rings is 2. The van der Waals surface area contributed by atoms with Gasteiger partial charge in [-0.3, -0.25) is 9.98 Å². The van der Waals surface area contributed by atoms with Gasteiger partial charge >= 0.3 is 29.6 Å². The maximum absolute atomic E-state index is 11.6. The Morgan fingerprint density at radius 3 is 2.50 bits per heavy atom. The summed E-state index contributed by atoms with van der Waals surface area (Å²) < 4.78 is 31.0. The molecule has 0 aliphatic heterocycles. The molecule has 0 radical (unpaired) electrons. The fraction of sp³-hybridized carbons (Fsp3) is 0. The van der Waals surface area contributed by atoms with E-state index in [1.54, 1.807) is 0 Å². The molecular weight excluding hydrogens is 361 g/mol. The summed E-state index contributed by atoms with van der Waals surface area (Å²) >= 11 is 5.02. The van der Waals surface area contributed by atoms with Crippen LogP contribution < -0.4 is 45.4 Å². The number of nitrogens with zero attached hydrogens (tertiary/aromatic N) is 1. The summed E-state index contributed by atoms with van der Waals surface area (Å²) in [6.07, 6.45) is 1.12. The van der Waals surface area contributed by atoms with E-state index in [1.165, 1.54) is 0 Å². The summed E-state index contributed by atoms with van der Waals surface area (Å²) in [6, 6.07) is 12.2. The van der Waals surface area contributed by atoms with Crippen molar-refractivity contribution in [2.24, 2.45) is 5.10 Å². The number of para-hydroxylation sites is 1. The first kappa shape index (κ1) is 20.6. The van der Waals surface area contributed by atoms with E-state index in [0.29, 0.717) is 0 Å². The van der Waals surface area contributed by atoms with Crippen molar-refractivity contribution >= 4 is 39.4 Å². The van der Waals surface area contributed by atoms with Crippen molar-refractivity contribution < 1.29 is 47.6 Å². The van der Waals surface area contributed by atoms with E-state index in [1.807, 2.05) is 30.3 Å². The molecular formula is C14H12N3NaO4S2. The molecule has 0 saturated carbocycles. The fourth-order valence-corrected chi connectivity index (χ4v) is 2.32. The Morgan fingerprint density at radius 2 is 1.88 bits per heavy atom. The van der Waals surface area contributed by atoms with Crippen LogP contribution in [0, 0.1) is 0 Å². The molecule has 10 heteroatoms. The monoisotopic (exact) mass is 373 g/mol. The number of anilines is 1. The van der Waals surface area contributed by atoms with Gasteiger partial charge in [-0.15, -0.1) is 0 Å². The second-order valence-corrected chi connectivity index (χ2v) is 6.19. The zero-order chi connectivity index (χ0) is 16.9. The Hall–Kier alpha value is -1.49. The normalized spacial score (nSPS) is 10.9. The van der Waals surface area contributed by atoms with E-state index in [-0.39, 0.29) is 45.1 Å². The molecule has 120 valence electrons. The first-order valence-electron chi connectivity index (χ1n) is 6.30. The van der Waals surface area contributed by atoms with Crippen LogP contribution in [0.15, 0.2) is 58.5 Å². The molecule has 2 aromatic carbocycles. The minimum Gasteiger partial charge on any atom is -0.872 e. The van der Waals surface area contributed by atoms with Gasteiger partial charge in [0, 0.05) is 5.69 Å². The third-order valence-corrected chi connectivity index (χ3v) is 3.72. The van der Waals surface area contributed by atoms with E-state index in [0.717, 1.165) is 30.1 Å². The van der Waals surface area contributed by atoms with Crippen LogP contribution in [0.4, 0.5) is 5.69 Å². The van der Waals surface area contributed by atoms with Gasteiger partial charge in [0.15, 0.2) is 5.11 Å². The van der Waals surface area contributed by atoms with Gasteiger partial charge in [-0.2, -0.15) is 13.5 Å². The van der Waals surface area contributed by atoms with Crippen LogP contribution in [0.25, 0.3) is 0 Å². The molecule has 0 atom stereocenters. The van der Waals surface area contributed by atoms with Gasteiger partial charge in [-0.25, -0.2) is 0 Å². The zero-order valence-electron chi connectivity index (χ0n) is 12.6. The first-order chi connectivity index (χ1) is 10.9. The number of hydrazone groups is 1. The molecule has 0 spiro atoms. The van der Waals surface area contributed by atoms with E-state index < -0.39 is 15.9 Å². The van der Waals surface area contributed by atoms with Crippen molar-refractivity contribution in [1.82, 2.24) is 5.43 Å². The third kappa shape index (κ3) is 6.19. The molecule has 0 unspecified atom stereocenters. The van der Waals surface area contributed by atoms with Gasteiger partial charge in [0.25, 0.3) is 10.1 Å². The molecule has 24 heavy (non-hydrogen) atoms. The van der Waals surface area contributed by atoms with Crippen LogP contribution in [-0.4, -0.2) is 24.3 Å². The largest absolute Gasteiger partial charge is 1.00 e. The molecule has 7 nitrogen and oxygen atoms in total. The van der Waals surface area contributed by atoms with Crippen molar-refractivity contribution in [2.75, 3.05) is 5.32 Å². The van der Waals surface area contributed by atoms with Gasteiger partial charge in [-0.1, -0.05) is 30.0 Å². The molecule has 0 heterocycles. The van der Waals surface area contributed by atoms with Crippen LogP contribution in [0.5, 0.6) is 5.75 Å². The Bertz CT molecular complexity index is 842. The minimum atomic E-state index is -4.38. The van der Waals surface area contributed by atoms with Crippen molar-refractivity contribution in [3.05, 3.63) is 54.1 Å². The Kier molecular flexibility index (Phi) is 7.80. The summed E-state index contributed by atoms with van der Waals surface area (Å²) in [6.45, 7) is 0. The summed E-state index contributed by atoms with van der Waals surface area (Å²) in [4.78, 5) is -0.386. The SMILES string of the molecule is O=S(=O)(O)c1ccc([O-])c(/C=N\NC(=S)Nc2ccccc2)c1.[Na+]. The summed E-state index contributed by atoms with van der Waals surface area (Å²) in [5.74, 6) is -0.440. The van der Waals surface area contributed by atoms with Gasteiger partial charge < -0.3 is 10.4 Å². The van der Waals surface area contributed by atoms with Crippen LogP contribution in [-0.2, 0) is 10.1 Å². The molecule has 3 N–H and O–H groups in total. The van der Waals surface area contributed by atoms with Gasteiger partial charge in [0.05, 0.1) is 11.1 Å². The predicted molar refractivity (Wildman–Crippen MR) is 89.1 cm³/mol. The predicted octanol–water partition coefficient (Wildman–Crippen LogP) is -1.67. The Labute approximate surface area is 166 Å². The second kappa shape index (κ2) is 9.11. The van der Waals surface area contributed by atoms with Crippen LogP contribution in [0.2, 0.25) is 0 Å². The number of rotatable bonds is 4. The molecule has 0 aromatic heterocycles. The average Bonchev–Trinajstić information content (AvgIpc) is 2.49. The summed E-state index contributed by atoms with van der Waals surface area (Å²) in [7, 11) is -4.38. The number of hydrogen-bond donors (Lipinski definition) is 3. The smallest absolute Gasteiger partial charge is 0.872 e. The van der Waals surface area contributed by atoms with Crippen molar-refractivity contribution in [1.29, 1.82) is 0 Å². The van der Waals surface area contributed by atoms with E-state index in [4.69, 9.17) is 16.8 Å². The molecule has 2 aromatic rings. The molecule has 0 fully saturated rings. The topological polar surface area (TPSA) is 114 Å². The quantitative estimate of drug-likeness (QED) is 0.193. The van der Waals surface area contributed by atoms with E-state index in [2.05, 4.69) is 15.8 Å². The van der Waals surface area contributed by atoms with Crippen LogP contribution >= 0.6 is 12.2 Å². The van der Waals surface area contributed by atoms with Crippen molar-refractivity contribution in [2.45, 2.75) is 4.90 Å². The Morgan fingerprint density at radius 1 is 1.21 bits per heavy atom. The molecule has 0 amide bonds. The summed E-state index contributed by atoms with van der Waals surface area (Å²) in [5.41, 5.74) is 3.26. The maximum Gasteiger partial charge on any atom is 1.00 e. The molecule has 0 aliphatic rings. The Balaban J connectivity index is 0.00000288. The van der Waals surface area contributed by atoms with Crippen LogP contribution in [0.1, 0.15) is 5.56 Å². The van der Waals surface area contributed by atoms with Gasteiger partial charge in [0.1, 0.15) is 0 Å². The number of hydrogen-bond acceptors (Lipinski definition) is 5. The molecule has 0 bridgehead atoms. The third-order valence-electron chi connectivity index (χ3n) is 2.68. The fourth-order valence-electron chi connectivity index (χ4n) is 1.63. The van der Waals surface area contributed by atoms with Gasteiger partial charge in [-0.05, 0) is 42.0 Å². The number of nitrogens with one attached hydrogen (secondary N) is 2. The number of thiocarbonyl (C=S) groups is 1. The second-order valence-electron chi connectivity index (χ2n) is 4.36. The van der Waals surface area contributed by atoms with E-state index >= 15 is 0 Å². The van der Waals surface area contributed by atoms with Crippen molar-refractivity contribution in [3.63, 3.8) is 0 Å². The average molecular weight is 373 g/mol. The maximum atomic E-state index is 11.6.